The molecule has 48 heavy (non-hydrogen) atoms. The standard InChI is InChI=1S/C29H50N6O13/c30-7-13-19(38)21(40)16(33)27(43-13)47-25-14(8-35-10-4-2-1-3-5-10)44-29(23(25)42)48-26-18(37)11(31)6-12(32)24(26)46-28-17(34)22(41)20(39)15(9-36)45-28/h1-5,11-29,35-42H,6-9,30-34H2/t11-,12+,13+,14-,15-,16-,17-,18+,19-,20-,21-,22-,23-,24-,25-,26-,27-,28-,29+/m1/s1. The van der Waals surface area contributed by atoms with Gasteiger partial charge in [-0.1, -0.05) is 18.2 Å². The average molecular weight is 691 g/mol. The van der Waals surface area contributed by atoms with E-state index in [0.29, 0.717) is 0 Å². The summed E-state index contributed by atoms with van der Waals surface area (Å²) in [5, 5.41) is 77.0. The molecule has 4 aliphatic rings. The number of ether oxygens (including phenoxy) is 6. The van der Waals surface area contributed by atoms with Crippen LogP contribution >= 0.6 is 0 Å². The third-order valence-electron chi connectivity index (χ3n) is 9.42. The van der Waals surface area contributed by atoms with Crippen molar-refractivity contribution in [2.24, 2.45) is 28.7 Å². The number of anilines is 1. The summed E-state index contributed by atoms with van der Waals surface area (Å²) in [5.74, 6) is 0. The molecule has 0 aromatic heterocycles. The lowest BCUT2D eigenvalue weighted by Gasteiger charge is -2.47. The fourth-order valence-corrected chi connectivity index (χ4v) is 6.49. The molecule has 3 aliphatic heterocycles. The Labute approximate surface area is 276 Å². The van der Waals surface area contributed by atoms with Crippen LogP contribution in [0.5, 0.6) is 0 Å². The Morgan fingerprint density at radius 1 is 0.625 bits per heavy atom. The Balaban J connectivity index is 1.36. The Bertz CT molecular complexity index is 1150. The van der Waals surface area contributed by atoms with E-state index < -0.39 is 123 Å². The van der Waals surface area contributed by atoms with Gasteiger partial charge in [-0.3, -0.25) is 0 Å². The summed E-state index contributed by atoms with van der Waals surface area (Å²) in [5.41, 5.74) is 31.2. The van der Waals surface area contributed by atoms with Crippen molar-refractivity contribution in [2.45, 2.75) is 123 Å². The molecule has 0 unspecified atom stereocenters. The van der Waals surface area contributed by atoms with E-state index in [0.717, 1.165) is 5.69 Å². The molecule has 3 saturated heterocycles. The van der Waals surface area contributed by atoms with Gasteiger partial charge in [0.15, 0.2) is 18.9 Å². The maximum absolute atomic E-state index is 11.5. The monoisotopic (exact) mass is 690 g/mol. The van der Waals surface area contributed by atoms with Gasteiger partial charge in [-0.05, 0) is 18.6 Å². The van der Waals surface area contributed by atoms with Crippen molar-refractivity contribution in [3.05, 3.63) is 30.3 Å². The molecule has 1 aliphatic carbocycles. The van der Waals surface area contributed by atoms with E-state index in [2.05, 4.69) is 5.32 Å². The van der Waals surface area contributed by atoms with Gasteiger partial charge >= 0.3 is 0 Å². The van der Waals surface area contributed by atoms with E-state index in [1.807, 2.05) is 30.3 Å². The molecule has 5 rings (SSSR count). The lowest BCUT2D eigenvalue weighted by Crippen LogP contribution is -2.68. The van der Waals surface area contributed by atoms with Crippen molar-refractivity contribution >= 4 is 5.69 Å². The first-order valence-corrected chi connectivity index (χ1v) is 16.0. The van der Waals surface area contributed by atoms with Gasteiger partial charge in [0.05, 0.1) is 24.8 Å². The highest BCUT2D eigenvalue weighted by atomic mass is 16.8. The number of hydrogen-bond acceptors (Lipinski definition) is 19. The minimum absolute atomic E-state index is 0.0821. The number of aliphatic hydroxyl groups excluding tert-OH is 7. The van der Waals surface area contributed by atoms with E-state index in [1.54, 1.807) is 0 Å². The number of benzene rings is 1. The molecular weight excluding hydrogens is 640 g/mol. The Morgan fingerprint density at radius 3 is 1.77 bits per heavy atom. The molecular formula is C29H50N6O13. The van der Waals surface area contributed by atoms with Gasteiger partial charge in [-0.25, -0.2) is 0 Å². The molecule has 1 saturated carbocycles. The topological polar surface area (TPSA) is 339 Å². The molecule has 1 aromatic rings. The third kappa shape index (κ3) is 7.78. The SMILES string of the molecule is NC[C@@H]1O[C@H](O[C@H]2[C@@H](O)[C@H](O[C@@H]3[C@@H](O)[C@H](N)C[C@H](N)[C@H]3O[C@H]3O[C@H](CO)[C@@H](O)[C@H](O)[C@H]3N)O[C@@H]2CNc2ccccc2)[C@H](N)[C@@H](O)[C@@H]1O. The van der Waals surface area contributed by atoms with E-state index in [1.165, 1.54) is 0 Å². The van der Waals surface area contributed by atoms with Gasteiger partial charge in [0.2, 0.25) is 0 Å². The molecule has 0 amide bonds. The van der Waals surface area contributed by atoms with Crippen LogP contribution in [0.25, 0.3) is 0 Å². The maximum atomic E-state index is 11.5. The fourth-order valence-electron chi connectivity index (χ4n) is 6.49. The van der Waals surface area contributed by atoms with Crippen molar-refractivity contribution in [3.63, 3.8) is 0 Å². The van der Waals surface area contributed by atoms with Crippen LogP contribution < -0.4 is 34.0 Å². The molecule has 0 radical (unpaired) electrons. The van der Waals surface area contributed by atoms with Gasteiger partial charge in [-0.2, -0.15) is 0 Å². The molecule has 19 atom stereocenters. The lowest BCUT2D eigenvalue weighted by atomic mass is 9.84. The highest BCUT2D eigenvalue weighted by Crippen LogP contribution is 2.34. The number of para-hydroxylation sites is 1. The molecule has 4 fully saturated rings. The van der Waals surface area contributed by atoms with Gasteiger partial charge in [-0.15, -0.1) is 0 Å². The second-order valence-electron chi connectivity index (χ2n) is 12.8. The number of hydrogen-bond donors (Lipinski definition) is 13. The van der Waals surface area contributed by atoms with Crippen LogP contribution in [0.15, 0.2) is 30.3 Å². The number of nitrogens with one attached hydrogen (secondary N) is 1. The second-order valence-corrected chi connectivity index (χ2v) is 12.8. The molecule has 0 bridgehead atoms. The van der Waals surface area contributed by atoms with Gasteiger partial charge in [0, 0.05) is 30.9 Å². The fraction of sp³-hybridized carbons (Fsp3) is 0.793. The molecule has 19 heteroatoms. The van der Waals surface area contributed by atoms with E-state index in [9.17, 15) is 35.7 Å². The third-order valence-corrected chi connectivity index (χ3v) is 9.42. The van der Waals surface area contributed by atoms with Gasteiger partial charge < -0.3 is 98.2 Å². The highest BCUT2D eigenvalue weighted by Gasteiger charge is 2.54. The maximum Gasteiger partial charge on any atom is 0.187 e. The molecule has 274 valence electrons. The summed E-state index contributed by atoms with van der Waals surface area (Å²) < 4.78 is 35.8. The summed E-state index contributed by atoms with van der Waals surface area (Å²) >= 11 is 0. The predicted molar refractivity (Wildman–Crippen MR) is 164 cm³/mol. The van der Waals surface area contributed by atoms with Crippen molar-refractivity contribution < 1.29 is 64.2 Å². The summed E-state index contributed by atoms with van der Waals surface area (Å²) in [6.45, 7) is -0.712. The van der Waals surface area contributed by atoms with Crippen LogP contribution in [-0.4, -0.2) is 172 Å². The summed E-state index contributed by atoms with van der Waals surface area (Å²) in [6.07, 6.45) is -19.7. The van der Waals surface area contributed by atoms with Crippen molar-refractivity contribution in [1.82, 2.24) is 0 Å². The summed E-state index contributed by atoms with van der Waals surface area (Å²) in [7, 11) is 0. The predicted octanol–water partition coefficient (Wildman–Crippen LogP) is -6.74. The van der Waals surface area contributed by atoms with Crippen LogP contribution in [0.4, 0.5) is 5.69 Å². The Kier molecular flexibility index (Phi) is 12.6. The molecule has 18 N–H and O–H groups in total. The van der Waals surface area contributed by atoms with E-state index in [4.69, 9.17) is 57.1 Å². The highest BCUT2D eigenvalue weighted by molar-refractivity contribution is 5.42. The lowest BCUT2D eigenvalue weighted by molar-refractivity contribution is -0.310. The zero-order valence-electron chi connectivity index (χ0n) is 26.2. The number of aliphatic hydroxyl groups is 7. The van der Waals surface area contributed by atoms with Crippen LogP contribution in [0.1, 0.15) is 6.42 Å². The van der Waals surface area contributed by atoms with Gasteiger partial charge in [0.1, 0.15) is 67.1 Å². The van der Waals surface area contributed by atoms with Crippen molar-refractivity contribution in [1.29, 1.82) is 0 Å². The first-order chi connectivity index (χ1) is 22.9. The van der Waals surface area contributed by atoms with Crippen molar-refractivity contribution in [3.8, 4) is 0 Å². The number of nitrogens with two attached hydrogens (primary N) is 5. The summed E-state index contributed by atoms with van der Waals surface area (Å²) in [4.78, 5) is 0. The normalized spacial score (nSPS) is 48.4. The van der Waals surface area contributed by atoms with Gasteiger partial charge in [0.25, 0.3) is 0 Å². The molecule has 1 aromatic carbocycles. The van der Waals surface area contributed by atoms with Crippen LogP contribution in [-0.2, 0) is 28.4 Å². The Morgan fingerprint density at radius 2 is 1.17 bits per heavy atom. The average Bonchev–Trinajstić information content (AvgIpc) is 3.37. The van der Waals surface area contributed by atoms with E-state index >= 15 is 0 Å². The zero-order chi connectivity index (χ0) is 34.9. The van der Waals surface area contributed by atoms with Crippen molar-refractivity contribution in [2.75, 3.05) is 25.0 Å². The van der Waals surface area contributed by atoms with Crippen LogP contribution in [0.3, 0.4) is 0 Å². The minimum atomic E-state index is -1.55. The Hall–Kier alpha value is -1.70. The van der Waals surface area contributed by atoms with Crippen LogP contribution in [0.2, 0.25) is 0 Å². The van der Waals surface area contributed by atoms with Crippen LogP contribution in [0, 0.1) is 0 Å². The van der Waals surface area contributed by atoms with E-state index in [-0.39, 0.29) is 19.5 Å². The smallest absolute Gasteiger partial charge is 0.187 e. The largest absolute Gasteiger partial charge is 0.394 e. The zero-order valence-corrected chi connectivity index (χ0v) is 26.2. The molecule has 0 spiro atoms. The molecule has 3 heterocycles. The molecule has 19 nitrogen and oxygen atoms in total. The second kappa shape index (κ2) is 16.1. The quantitative estimate of drug-likeness (QED) is 0.103. The number of rotatable bonds is 11. The summed E-state index contributed by atoms with van der Waals surface area (Å²) in [6, 6.07) is 4.89. The minimum Gasteiger partial charge on any atom is -0.394 e. The first kappa shape index (κ1) is 37.6. The first-order valence-electron chi connectivity index (χ1n) is 16.0.